The number of phenols is 1. The highest BCUT2D eigenvalue weighted by molar-refractivity contribution is 9.11. The minimum absolute atomic E-state index is 0.236. The number of carboxylic acids is 1. The van der Waals surface area contributed by atoms with Crippen LogP contribution in [0.25, 0.3) is 0 Å². The summed E-state index contributed by atoms with van der Waals surface area (Å²) < 4.78 is 7.25. The predicted molar refractivity (Wildman–Crippen MR) is 105 cm³/mol. The van der Waals surface area contributed by atoms with E-state index in [1.54, 1.807) is 30.3 Å². The van der Waals surface area contributed by atoms with E-state index in [4.69, 9.17) is 14.7 Å². The summed E-state index contributed by atoms with van der Waals surface area (Å²) in [5.74, 6) is 0.310. The molecule has 8 heteroatoms. The maximum atomic E-state index is 10.7. The van der Waals surface area contributed by atoms with Gasteiger partial charge in [-0.2, -0.15) is 0 Å². The number of hydrogen-bond donors (Lipinski definition) is 2. The second-order valence-electron chi connectivity index (χ2n) is 5.38. The minimum Gasteiger partial charge on any atom is -0.508 e. The molecule has 0 saturated heterocycles. The number of rotatable bonds is 7. The smallest absolute Gasteiger partial charge is 0.347 e. The molecule has 1 atom stereocenters. The Morgan fingerprint density at radius 2 is 1.92 bits per heavy atom. The lowest BCUT2D eigenvalue weighted by Gasteiger charge is -2.12. The topological polar surface area (TPSA) is 88.4 Å². The van der Waals surface area contributed by atoms with E-state index in [1.165, 1.54) is 13.1 Å². The maximum Gasteiger partial charge on any atom is 0.347 e. The van der Waals surface area contributed by atoms with Gasteiger partial charge in [0.2, 0.25) is 6.10 Å². The van der Waals surface area contributed by atoms with Gasteiger partial charge in [0.25, 0.3) is 0 Å². The van der Waals surface area contributed by atoms with E-state index in [-0.39, 0.29) is 5.75 Å². The van der Waals surface area contributed by atoms with Crippen LogP contribution in [0.2, 0.25) is 0 Å². The van der Waals surface area contributed by atoms with Crippen molar-refractivity contribution < 1.29 is 24.6 Å². The lowest BCUT2D eigenvalue weighted by Crippen LogP contribution is -2.17. The third-order valence-corrected chi connectivity index (χ3v) is 4.62. The quantitative estimate of drug-likeness (QED) is 0.420. The normalized spacial score (nSPS) is 12.2. The number of benzene rings is 2. The Morgan fingerprint density at radius 1 is 1.27 bits per heavy atom. The molecule has 0 radical (unpaired) electrons. The summed E-state index contributed by atoms with van der Waals surface area (Å²) in [5.41, 5.74) is 1.48. The largest absolute Gasteiger partial charge is 0.508 e. The number of oxime groups is 1. The van der Waals surface area contributed by atoms with Crippen molar-refractivity contribution in [3.8, 4) is 17.2 Å². The number of nitrogens with zero attached hydrogens (tertiary/aromatic N) is 1. The van der Waals surface area contributed by atoms with Gasteiger partial charge < -0.3 is 19.8 Å². The summed E-state index contributed by atoms with van der Waals surface area (Å²) in [6.45, 7) is 3.34. The first-order valence-corrected chi connectivity index (χ1v) is 9.31. The van der Waals surface area contributed by atoms with E-state index < -0.39 is 12.1 Å². The molecule has 2 aromatic carbocycles. The van der Waals surface area contributed by atoms with Crippen molar-refractivity contribution in [1.82, 2.24) is 0 Å². The molecule has 2 aromatic rings. The van der Waals surface area contributed by atoms with Crippen LogP contribution in [-0.2, 0) is 16.1 Å². The number of halogens is 2. The van der Waals surface area contributed by atoms with Gasteiger partial charge in [-0.1, -0.05) is 12.1 Å². The van der Waals surface area contributed by atoms with Crippen LogP contribution in [0.5, 0.6) is 17.2 Å². The van der Waals surface area contributed by atoms with Gasteiger partial charge >= 0.3 is 5.97 Å². The number of carboxylic acid groups (broad SMARTS) is 1. The molecule has 2 N–H and O–H groups in total. The van der Waals surface area contributed by atoms with Crippen molar-refractivity contribution in [2.45, 2.75) is 26.4 Å². The second-order valence-corrected chi connectivity index (χ2v) is 7.09. The fraction of sp³-hybridized carbons (Fsp3) is 0.222. The molecule has 0 saturated carbocycles. The Morgan fingerprint density at radius 3 is 2.50 bits per heavy atom. The summed E-state index contributed by atoms with van der Waals surface area (Å²) in [5, 5.41) is 22.2. The predicted octanol–water partition coefficient (Wildman–Crippen LogP) is 5.10. The van der Waals surface area contributed by atoms with Crippen LogP contribution in [0.1, 0.15) is 25.0 Å². The fourth-order valence-corrected chi connectivity index (χ4v) is 3.39. The average Bonchev–Trinajstić information content (AvgIpc) is 2.59. The van der Waals surface area contributed by atoms with Gasteiger partial charge in [-0.15, -0.1) is 0 Å². The van der Waals surface area contributed by atoms with Crippen LogP contribution in [0, 0.1) is 0 Å². The molecule has 0 fully saturated rings. The number of aryl methyl sites for hydroxylation is 1. The van der Waals surface area contributed by atoms with E-state index in [0.717, 1.165) is 5.56 Å². The fourth-order valence-electron chi connectivity index (χ4n) is 2.01. The van der Waals surface area contributed by atoms with E-state index in [2.05, 4.69) is 37.0 Å². The maximum absolute atomic E-state index is 10.7. The summed E-state index contributed by atoms with van der Waals surface area (Å²) in [4.78, 5) is 15.5. The van der Waals surface area contributed by atoms with Gasteiger partial charge in [0.05, 0.1) is 15.2 Å². The van der Waals surface area contributed by atoms with Crippen LogP contribution in [-0.4, -0.2) is 28.5 Å². The number of aliphatic carboxylic acids is 1. The number of phenolic OH excluding ortho intramolecular Hbond substituents is 1. The van der Waals surface area contributed by atoms with Gasteiger partial charge in [0.1, 0.15) is 11.5 Å². The first kappa shape index (κ1) is 20.3. The van der Waals surface area contributed by atoms with E-state index >= 15 is 0 Å². The van der Waals surface area contributed by atoms with Crippen molar-refractivity contribution in [2.75, 3.05) is 0 Å². The molecule has 2 rings (SSSR count). The summed E-state index contributed by atoms with van der Waals surface area (Å²) in [7, 11) is 0. The van der Waals surface area contributed by atoms with Crippen LogP contribution in [0.3, 0.4) is 0 Å². The van der Waals surface area contributed by atoms with Gasteiger partial charge in [0, 0.05) is 0 Å². The van der Waals surface area contributed by atoms with E-state index in [0.29, 0.717) is 32.4 Å². The molecule has 0 aromatic heterocycles. The van der Waals surface area contributed by atoms with Crippen molar-refractivity contribution in [1.29, 1.82) is 0 Å². The highest BCUT2D eigenvalue weighted by Crippen LogP contribution is 2.38. The molecule has 138 valence electrons. The first-order valence-electron chi connectivity index (χ1n) is 7.72. The van der Waals surface area contributed by atoms with Crippen molar-refractivity contribution in [3.63, 3.8) is 0 Å². The Balaban J connectivity index is 2.19. The molecule has 6 nitrogen and oxygen atoms in total. The van der Waals surface area contributed by atoms with Gasteiger partial charge in [-0.3, -0.25) is 0 Å². The average molecular weight is 487 g/mol. The minimum atomic E-state index is -1.09. The Labute approximate surface area is 167 Å². The van der Waals surface area contributed by atoms with Crippen LogP contribution < -0.4 is 4.74 Å². The monoisotopic (exact) mass is 485 g/mol. The van der Waals surface area contributed by atoms with Gasteiger partial charge in [0.15, 0.2) is 5.75 Å². The summed E-state index contributed by atoms with van der Waals surface area (Å²) in [6, 6.07) is 8.59. The molecule has 26 heavy (non-hydrogen) atoms. The molecule has 0 aliphatic carbocycles. The molecule has 1 unspecified atom stereocenters. The summed E-state index contributed by atoms with van der Waals surface area (Å²) >= 11 is 6.90. The molecular formula is C18H17Br2NO5. The van der Waals surface area contributed by atoms with Crippen molar-refractivity contribution >= 4 is 44.0 Å². The SMILES string of the molecule is CCc1cc(Oc2c(Br)cc(/C=N\OC(C)C(=O)O)cc2Br)ccc1O. The van der Waals surface area contributed by atoms with Crippen molar-refractivity contribution in [2.24, 2.45) is 5.16 Å². The second kappa shape index (κ2) is 9.05. The zero-order valence-corrected chi connectivity index (χ0v) is 17.2. The van der Waals surface area contributed by atoms with Crippen LogP contribution >= 0.6 is 31.9 Å². The third-order valence-electron chi connectivity index (χ3n) is 3.44. The zero-order chi connectivity index (χ0) is 19.3. The number of aromatic hydroxyl groups is 1. The molecule has 0 aliphatic heterocycles. The molecule has 0 aliphatic rings. The number of hydrogen-bond acceptors (Lipinski definition) is 5. The Hall–Kier alpha value is -2.06. The lowest BCUT2D eigenvalue weighted by molar-refractivity contribution is -0.149. The van der Waals surface area contributed by atoms with Gasteiger partial charge in [-0.05, 0) is 86.7 Å². The molecule has 0 spiro atoms. The highest BCUT2D eigenvalue weighted by Gasteiger charge is 2.12. The first-order chi connectivity index (χ1) is 12.3. The van der Waals surface area contributed by atoms with Gasteiger partial charge in [-0.25, -0.2) is 4.79 Å². The molecular weight excluding hydrogens is 470 g/mol. The zero-order valence-electron chi connectivity index (χ0n) is 14.1. The Bertz CT molecular complexity index is 815. The summed E-state index contributed by atoms with van der Waals surface area (Å²) in [6.07, 6.45) is 1.08. The lowest BCUT2D eigenvalue weighted by atomic mass is 10.1. The standard InChI is InChI=1S/C18H17Br2NO5/c1-3-12-8-13(4-5-16(12)22)25-17-14(19)6-11(7-15(17)20)9-21-26-10(2)18(23)24/h4-10,22H,3H2,1-2H3,(H,23,24)/b21-9-. The molecule has 0 amide bonds. The third kappa shape index (κ3) is 5.22. The Kier molecular flexibility index (Phi) is 7.05. The van der Waals surface area contributed by atoms with Crippen molar-refractivity contribution in [3.05, 3.63) is 50.4 Å². The highest BCUT2D eigenvalue weighted by atomic mass is 79.9. The van der Waals surface area contributed by atoms with E-state index in [9.17, 15) is 9.90 Å². The van der Waals surface area contributed by atoms with Crippen LogP contribution in [0.4, 0.5) is 0 Å². The molecule has 0 bridgehead atoms. The number of ether oxygens (including phenoxy) is 1. The van der Waals surface area contributed by atoms with Crippen LogP contribution in [0.15, 0.2) is 44.4 Å². The molecule has 0 heterocycles. The number of carbonyl (C=O) groups is 1. The van der Waals surface area contributed by atoms with E-state index in [1.807, 2.05) is 6.92 Å².